The van der Waals surface area contributed by atoms with Crippen LogP contribution in [0.4, 0.5) is 4.39 Å². The lowest BCUT2D eigenvalue weighted by atomic mass is 9.79. The van der Waals surface area contributed by atoms with Crippen LogP contribution in [0.2, 0.25) is 5.02 Å². The van der Waals surface area contributed by atoms with Gasteiger partial charge in [-0.3, -0.25) is 0 Å². The van der Waals surface area contributed by atoms with Crippen LogP contribution in [0.1, 0.15) is 31.7 Å². The summed E-state index contributed by atoms with van der Waals surface area (Å²) < 4.78 is 13.0. The maximum Gasteiger partial charge on any atom is 0.124 e. The van der Waals surface area contributed by atoms with Crippen molar-refractivity contribution in [2.75, 3.05) is 6.54 Å². The molecule has 2 atom stereocenters. The summed E-state index contributed by atoms with van der Waals surface area (Å²) in [6.45, 7) is 2.95. The summed E-state index contributed by atoms with van der Waals surface area (Å²) in [6.07, 6.45) is 4.40. The molecule has 1 nitrogen and oxygen atoms in total. The molecule has 0 amide bonds. The second-order valence-corrected chi connectivity index (χ2v) is 5.87. The van der Waals surface area contributed by atoms with E-state index in [-0.39, 0.29) is 11.2 Å². The van der Waals surface area contributed by atoms with Crippen LogP contribution in [-0.4, -0.2) is 6.54 Å². The first kappa shape index (κ1) is 12.8. The first-order valence-corrected chi connectivity index (χ1v) is 6.56. The van der Waals surface area contributed by atoms with E-state index in [0.717, 1.165) is 30.7 Å². The molecule has 0 radical (unpaired) electrons. The number of hydrogen-bond acceptors (Lipinski definition) is 1. The Morgan fingerprint density at radius 3 is 2.82 bits per heavy atom. The van der Waals surface area contributed by atoms with Gasteiger partial charge >= 0.3 is 0 Å². The minimum atomic E-state index is -0.277. The van der Waals surface area contributed by atoms with Crippen molar-refractivity contribution in [2.24, 2.45) is 17.1 Å². The monoisotopic (exact) mass is 255 g/mol. The van der Waals surface area contributed by atoms with E-state index in [1.165, 1.54) is 18.6 Å². The average molecular weight is 256 g/mol. The Bertz CT molecular complexity index is 407. The molecule has 0 heterocycles. The third kappa shape index (κ3) is 2.80. The van der Waals surface area contributed by atoms with E-state index >= 15 is 0 Å². The lowest BCUT2D eigenvalue weighted by Gasteiger charge is -2.28. The molecule has 3 heteroatoms. The molecule has 1 aliphatic carbocycles. The maximum atomic E-state index is 13.0. The molecule has 2 rings (SSSR count). The van der Waals surface area contributed by atoms with Crippen molar-refractivity contribution in [1.82, 2.24) is 0 Å². The molecule has 0 aromatic heterocycles. The average Bonchev–Trinajstić information content (AvgIpc) is 2.65. The molecule has 17 heavy (non-hydrogen) atoms. The van der Waals surface area contributed by atoms with Crippen LogP contribution in [0, 0.1) is 17.2 Å². The number of rotatable bonds is 3. The molecule has 2 N–H and O–H groups in total. The van der Waals surface area contributed by atoms with E-state index in [1.807, 2.05) is 0 Å². The molecule has 1 saturated carbocycles. The molecule has 1 aromatic rings. The van der Waals surface area contributed by atoms with Crippen LogP contribution in [0.5, 0.6) is 0 Å². The minimum absolute atomic E-state index is 0.168. The summed E-state index contributed by atoms with van der Waals surface area (Å²) in [7, 11) is 0. The van der Waals surface area contributed by atoms with Crippen LogP contribution >= 0.6 is 11.6 Å². The highest BCUT2D eigenvalue weighted by Crippen LogP contribution is 2.44. The van der Waals surface area contributed by atoms with Gasteiger partial charge in [0.1, 0.15) is 5.82 Å². The molecule has 1 aliphatic rings. The lowest BCUT2D eigenvalue weighted by molar-refractivity contribution is 0.295. The van der Waals surface area contributed by atoms with Gasteiger partial charge < -0.3 is 5.73 Å². The van der Waals surface area contributed by atoms with Crippen molar-refractivity contribution in [3.05, 3.63) is 34.6 Å². The van der Waals surface area contributed by atoms with Crippen molar-refractivity contribution in [3.63, 3.8) is 0 Å². The summed E-state index contributed by atoms with van der Waals surface area (Å²) in [4.78, 5) is 0. The Balaban J connectivity index is 2.19. The van der Waals surface area contributed by atoms with Gasteiger partial charge in [0.2, 0.25) is 0 Å². The van der Waals surface area contributed by atoms with Crippen molar-refractivity contribution in [1.29, 1.82) is 0 Å². The SMILES string of the molecule is CC1CCC(CN)(Cc2ccc(F)cc2Cl)C1. The molecule has 0 bridgehead atoms. The summed E-state index contributed by atoms with van der Waals surface area (Å²) in [5.74, 6) is 0.457. The normalized spacial score (nSPS) is 28.6. The van der Waals surface area contributed by atoms with Crippen LogP contribution in [0.15, 0.2) is 18.2 Å². The minimum Gasteiger partial charge on any atom is -0.330 e. The molecule has 0 saturated heterocycles. The lowest BCUT2D eigenvalue weighted by Crippen LogP contribution is -2.30. The zero-order valence-corrected chi connectivity index (χ0v) is 10.9. The fraction of sp³-hybridized carbons (Fsp3) is 0.571. The maximum absolute atomic E-state index is 13.0. The zero-order valence-electron chi connectivity index (χ0n) is 10.2. The van der Waals surface area contributed by atoms with E-state index in [2.05, 4.69) is 6.92 Å². The van der Waals surface area contributed by atoms with Crippen molar-refractivity contribution >= 4 is 11.6 Å². The van der Waals surface area contributed by atoms with Gasteiger partial charge in [0, 0.05) is 5.02 Å². The molecule has 1 fully saturated rings. The summed E-state index contributed by atoms with van der Waals surface area (Å²) in [5.41, 5.74) is 7.13. The first-order chi connectivity index (χ1) is 8.04. The van der Waals surface area contributed by atoms with Gasteiger partial charge in [-0.1, -0.05) is 31.0 Å². The first-order valence-electron chi connectivity index (χ1n) is 6.19. The van der Waals surface area contributed by atoms with Crippen molar-refractivity contribution in [2.45, 2.75) is 32.6 Å². The zero-order chi connectivity index (χ0) is 12.5. The Morgan fingerprint density at radius 1 is 1.53 bits per heavy atom. The smallest absolute Gasteiger partial charge is 0.124 e. The highest BCUT2D eigenvalue weighted by Gasteiger charge is 2.36. The predicted octanol–water partition coefficient (Wildman–Crippen LogP) is 3.79. The Hall–Kier alpha value is -0.600. The van der Waals surface area contributed by atoms with E-state index < -0.39 is 0 Å². The molecular formula is C14H19ClFN. The number of benzene rings is 1. The largest absolute Gasteiger partial charge is 0.330 e. The van der Waals surface area contributed by atoms with E-state index in [0.29, 0.717) is 11.6 Å². The highest BCUT2D eigenvalue weighted by atomic mass is 35.5. The second-order valence-electron chi connectivity index (χ2n) is 5.46. The molecule has 94 valence electrons. The van der Waals surface area contributed by atoms with Gasteiger partial charge in [-0.15, -0.1) is 0 Å². The van der Waals surface area contributed by atoms with Gasteiger partial charge in [0.05, 0.1) is 0 Å². The van der Waals surface area contributed by atoms with E-state index in [1.54, 1.807) is 6.07 Å². The third-order valence-electron chi connectivity index (χ3n) is 3.96. The van der Waals surface area contributed by atoms with Crippen LogP contribution in [-0.2, 0) is 6.42 Å². The van der Waals surface area contributed by atoms with Gasteiger partial charge in [-0.2, -0.15) is 0 Å². The Labute approximate surface area is 107 Å². The number of halogens is 2. The van der Waals surface area contributed by atoms with Crippen molar-refractivity contribution < 1.29 is 4.39 Å². The van der Waals surface area contributed by atoms with Crippen LogP contribution in [0.3, 0.4) is 0 Å². The molecular weight excluding hydrogens is 237 g/mol. The topological polar surface area (TPSA) is 26.0 Å². The standard InChI is InChI=1S/C14H19ClFN/c1-10-4-5-14(7-10,9-17)8-11-2-3-12(16)6-13(11)15/h2-3,6,10H,4-5,7-9,17H2,1H3. The van der Waals surface area contributed by atoms with Gasteiger partial charge in [0.15, 0.2) is 0 Å². The fourth-order valence-electron chi connectivity index (χ4n) is 2.98. The third-order valence-corrected chi connectivity index (χ3v) is 4.31. The number of hydrogen-bond donors (Lipinski definition) is 1. The molecule has 0 aliphatic heterocycles. The molecule has 0 spiro atoms. The predicted molar refractivity (Wildman–Crippen MR) is 69.6 cm³/mol. The van der Waals surface area contributed by atoms with Gasteiger partial charge in [0.25, 0.3) is 0 Å². The van der Waals surface area contributed by atoms with E-state index in [9.17, 15) is 4.39 Å². The number of nitrogens with two attached hydrogens (primary N) is 1. The van der Waals surface area contributed by atoms with Crippen LogP contribution in [0.25, 0.3) is 0 Å². The second kappa shape index (κ2) is 4.95. The summed E-state index contributed by atoms with van der Waals surface area (Å²) >= 11 is 6.08. The molecule has 1 aromatic carbocycles. The molecule has 2 unspecified atom stereocenters. The fourth-order valence-corrected chi connectivity index (χ4v) is 3.22. The summed E-state index contributed by atoms with van der Waals surface area (Å²) in [5, 5.41) is 0.525. The Morgan fingerprint density at radius 2 is 2.29 bits per heavy atom. The Kier molecular flexibility index (Phi) is 3.74. The highest BCUT2D eigenvalue weighted by molar-refractivity contribution is 6.31. The van der Waals surface area contributed by atoms with Gasteiger partial charge in [-0.25, -0.2) is 4.39 Å². The summed E-state index contributed by atoms with van der Waals surface area (Å²) in [6, 6.07) is 4.65. The van der Waals surface area contributed by atoms with Gasteiger partial charge in [-0.05, 0) is 54.8 Å². The van der Waals surface area contributed by atoms with Crippen molar-refractivity contribution in [3.8, 4) is 0 Å². The quantitative estimate of drug-likeness (QED) is 0.874. The van der Waals surface area contributed by atoms with Crippen LogP contribution < -0.4 is 5.73 Å². The van der Waals surface area contributed by atoms with E-state index in [4.69, 9.17) is 17.3 Å².